The molecule has 0 radical (unpaired) electrons. The van der Waals surface area contributed by atoms with E-state index in [0.29, 0.717) is 6.54 Å². The minimum absolute atomic E-state index is 0.0825. The molecule has 0 aliphatic carbocycles. The second kappa shape index (κ2) is 7.66. The molecule has 0 fully saturated rings. The Hall–Kier alpha value is -2.40. The maximum Gasteiger partial charge on any atom is 0.240 e. The summed E-state index contributed by atoms with van der Waals surface area (Å²) in [4.78, 5) is 23.8. The normalized spacial score (nSPS) is 12.1. The second-order valence-corrected chi connectivity index (χ2v) is 7.10. The lowest BCUT2D eigenvalue weighted by molar-refractivity contribution is -0.117. The molecule has 0 aliphatic rings. The molecule has 0 aliphatic heterocycles. The first-order chi connectivity index (χ1) is 12.1. The lowest BCUT2D eigenvalue weighted by Crippen LogP contribution is -2.36. The molecule has 1 atom stereocenters. The number of aromatic nitrogens is 2. The number of thioether (sulfide) groups is 1. The number of hydrogen-bond donors (Lipinski definition) is 0. The maximum atomic E-state index is 13.0. The van der Waals surface area contributed by atoms with Gasteiger partial charge in [-0.25, -0.2) is 9.97 Å². The zero-order valence-electron chi connectivity index (χ0n) is 14.6. The van der Waals surface area contributed by atoms with E-state index < -0.39 is 0 Å². The summed E-state index contributed by atoms with van der Waals surface area (Å²) in [6, 6.07) is 17.7. The van der Waals surface area contributed by atoms with Crippen LogP contribution >= 0.6 is 11.8 Å². The number of amides is 1. The van der Waals surface area contributed by atoms with E-state index in [1.807, 2.05) is 80.3 Å². The smallest absolute Gasteiger partial charge is 0.240 e. The highest BCUT2D eigenvalue weighted by Gasteiger charge is 2.23. The van der Waals surface area contributed by atoms with Crippen LogP contribution in [0.25, 0.3) is 10.9 Å². The summed E-state index contributed by atoms with van der Waals surface area (Å²) in [6.07, 6.45) is 0. The minimum Gasteiger partial charge on any atom is -0.312 e. The molecule has 1 unspecified atom stereocenters. The Morgan fingerprint density at radius 3 is 2.48 bits per heavy atom. The number of rotatable bonds is 5. The van der Waals surface area contributed by atoms with Crippen LogP contribution in [-0.4, -0.2) is 27.7 Å². The van der Waals surface area contributed by atoms with Crippen molar-refractivity contribution in [3.05, 3.63) is 60.4 Å². The van der Waals surface area contributed by atoms with Gasteiger partial charge in [0, 0.05) is 17.6 Å². The topological polar surface area (TPSA) is 46.1 Å². The first kappa shape index (κ1) is 17.4. The van der Waals surface area contributed by atoms with Crippen molar-refractivity contribution in [3.8, 4) is 0 Å². The molecule has 0 saturated heterocycles. The van der Waals surface area contributed by atoms with Crippen LogP contribution in [0.3, 0.4) is 0 Å². The predicted molar refractivity (Wildman–Crippen MR) is 104 cm³/mol. The van der Waals surface area contributed by atoms with Crippen LogP contribution in [0.15, 0.2) is 59.6 Å². The Bertz CT molecular complexity index is 883. The van der Waals surface area contributed by atoms with Gasteiger partial charge in [0.1, 0.15) is 10.9 Å². The van der Waals surface area contributed by atoms with Crippen LogP contribution in [0.4, 0.5) is 5.69 Å². The Balaban J connectivity index is 1.87. The highest BCUT2D eigenvalue weighted by atomic mass is 32.2. The van der Waals surface area contributed by atoms with Crippen LogP contribution < -0.4 is 4.90 Å². The third-order valence-electron chi connectivity index (χ3n) is 3.97. The molecule has 128 valence electrons. The van der Waals surface area contributed by atoms with Gasteiger partial charge in [0.15, 0.2) is 0 Å². The summed E-state index contributed by atoms with van der Waals surface area (Å²) >= 11 is 1.49. The number of carbonyl (C=O) groups is 1. The van der Waals surface area contributed by atoms with Gasteiger partial charge in [0.05, 0.1) is 10.8 Å². The van der Waals surface area contributed by atoms with Gasteiger partial charge in [-0.1, -0.05) is 48.2 Å². The Kier molecular flexibility index (Phi) is 5.34. The first-order valence-electron chi connectivity index (χ1n) is 8.36. The molecule has 3 aromatic rings. The van der Waals surface area contributed by atoms with Crippen molar-refractivity contribution in [1.29, 1.82) is 0 Å². The number of benzene rings is 2. The fourth-order valence-corrected chi connectivity index (χ4v) is 3.81. The van der Waals surface area contributed by atoms with Gasteiger partial charge >= 0.3 is 0 Å². The second-order valence-electron chi connectivity index (χ2n) is 5.77. The summed E-state index contributed by atoms with van der Waals surface area (Å²) in [6.45, 7) is 6.44. The average Bonchev–Trinajstić information content (AvgIpc) is 2.63. The molecule has 0 saturated carbocycles. The van der Waals surface area contributed by atoms with E-state index in [9.17, 15) is 4.79 Å². The molecule has 1 aromatic heterocycles. The Morgan fingerprint density at radius 2 is 1.76 bits per heavy atom. The molecule has 1 heterocycles. The fourth-order valence-electron chi connectivity index (χ4n) is 2.76. The summed E-state index contributed by atoms with van der Waals surface area (Å²) in [5, 5.41) is 1.60. The van der Waals surface area contributed by atoms with Crippen molar-refractivity contribution in [2.24, 2.45) is 0 Å². The highest BCUT2D eigenvalue weighted by molar-refractivity contribution is 8.00. The Labute approximate surface area is 152 Å². The van der Waals surface area contributed by atoms with Crippen molar-refractivity contribution in [3.63, 3.8) is 0 Å². The van der Waals surface area contributed by atoms with E-state index in [-0.39, 0.29) is 11.2 Å². The van der Waals surface area contributed by atoms with Crippen LogP contribution in [-0.2, 0) is 4.79 Å². The van der Waals surface area contributed by atoms with E-state index >= 15 is 0 Å². The van der Waals surface area contributed by atoms with E-state index in [0.717, 1.165) is 27.4 Å². The van der Waals surface area contributed by atoms with Gasteiger partial charge in [-0.15, -0.1) is 0 Å². The van der Waals surface area contributed by atoms with Gasteiger partial charge < -0.3 is 4.90 Å². The van der Waals surface area contributed by atoms with Gasteiger partial charge in [0.2, 0.25) is 5.91 Å². The monoisotopic (exact) mass is 351 g/mol. The lowest BCUT2D eigenvalue weighted by atomic mass is 10.2. The fraction of sp³-hybridized carbons (Fsp3) is 0.250. The van der Waals surface area contributed by atoms with E-state index in [1.54, 1.807) is 0 Å². The predicted octanol–water partition coefficient (Wildman–Crippen LogP) is 4.47. The van der Waals surface area contributed by atoms with Crippen LogP contribution in [0.1, 0.15) is 19.7 Å². The molecule has 3 rings (SSSR count). The molecule has 4 nitrogen and oxygen atoms in total. The molecular weight excluding hydrogens is 330 g/mol. The number of para-hydroxylation sites is 2. The van der Waals surface area contributed by atoms with Gasteiger partial charge in [-0.3, -0.25) is 4.79 Å². The molecule has 0 spiro atoms. The number of anilines is 1. The molecule has 0 N–H and O–H groups in total. The highest BCUT2D eigenvalue weighted by Crippen LogP contribution is 2.30. The number of hydrogen-bond acceptors (Lipinski definition) is 4. The van der Waals surface area contributed by atoms with Crippen LogP contribution in [0, 0.1) is 6.92 Å². The summed E-state index contributed by atoms with van der Waals surface area (Å²) in [7, 11) is 0. The number of fused-ring (bicyclic) bond motifs is 1. The molecule has 0 bridgehead atoms. The quantitative estimate of drug-likeness (QED) is 0.502. The van der Waals surface area contributed by atoms with Crippen molar-refractivity contribution in [1.82, 2.24) is 9.97 Å². The largest absolute Gasteiger partial charge is 0.312 e. The van der Waals surface area contributed by atoms with Crippen molar-refractivity contribution >= 4 is 34.3 Å². The first-order valence-corrected chi connectivity index (χ1v) is 9.24. The van der Waals surface area contributed by atoms with E-state index in [1.165, 1.54) is 11.8 Å². The maximum absolute atomic E-state index is 13.0. The van der Waals surface area contributed by atoms with Crippen LogP contribution in [0.2, 0.25) is 0 Å². The van der Waals surface area contributed by atoms with Crippen molar-refractivity contribution < 1.29 is 4.79 Å². The molecule has 25 heavy (non-hydrogen) atoms. The van der Waals surface area contributed by atoms with Gasteiger partial charge in [0.25, 0.3) is 0 Å². The number of nitrogens with zero attached hydrogens (tertiary/aromatic N) is 3. The summed E-state index contributed by atoms with van der Waals surface area (Å²) in [5.41, 5.74) is 1.83. The number of carbonyl (C=O) groups excluding carboxylic acids is 1. The molecular formula is C20H21N3OS. The lowest BCUT2D eigenvalue weighted by Gasteiger charge is -2.24. The van der Waals surface area contributed by atoms with Crippen molar-refractivity contribution in [2.45, 2.75) is 31.0 Å². The van der Waals surface area contributed by atoms with Gasteiger partial charge in [-0.2, -0.15) is 0 Å². The molecule has 5 heteroatoms. The SMILES string of the molecule is CCN(C(=O)C(C)Sc1nc(C)nc2ccccc12)c1ccccc1. The molecule has 1 amide bonds. The minimum atomic E-state index is -0.238. The van der Waals surface area contributed by atoms with Crippen LogP contribution in [0.5, 0.6) is 0 Å². The average molecular weight is 351 g/mol. The zero-order valence-corrected chi connectivity index (χ0v) is 15.5. The standard InChI is InChI=1S/C20H21N3OS/c1-4-23(16-10-6-5-7-11-16)20(24)14(2)25-19-17-12-8-9-13-18(17)21-15(3)22-19/h5-14H,4H2,1-3H3. The number of aryl methyl sites for hydroxylation is 1. The van der Waals surface area contributed by atoms with Gasteiger partial charge in [-0.05, 0) is 39.0 Å². The Morgan fingerprint density at radius 1 is 1.08 bits per heavy atom. The zero-order chi connectivity index (χ0) is 17.8. The molecule has 2 aromatic carbocycles. The summed E-state index contributed by atoms with van der Waals surface area (Å²) in [5.74, 6) is 0.801. The van der Waals surface area contributed by atoms with E-state index in [2.05, 4.69) is 9.97 Å². The summed E-state index contributed by atoms with van der Waals surface area (Å²) < 4.78 is 0. The van der Waals surface area contributed by atoms with E-state index in [4.69, 9.17) is 0 Å². The van der Waals surface area contributed by atoms with Crippen molar-refractivity contribution in [2.75, 3.05) is 11.4 Å². The third-order valence-corrected chi connectivity index (χ3v) is 5.06. The third kappa shape index (κ3) is 3.82.